The quantitative estimate of drug-likeness (QED) is 0.875. The summed E-state index contributed by atoms with van der Waals surface area (Å²) in [6.07, 6.45) is 3.28. The van der Waals surface area contributed by atoms with E-state index in [0.717, 1.165) is 15.8 Å². The van der Waals surface area contributed by atoms with Crippen LogP contribution in [0.3, 0.4) is 0 Å². The monoisotopic (exact) mass is 340 g/mol. The average Bonchev–Trinajstić information content (AvgIpc) is 2.91. The number of aromatic nitrogens is 3. The van der Waals surface area contributed by atoms with Gasteiger partial charge in [-0.15, -0.1) is 10.2 Å². The van der Waals surface area contributed by atoms with Crippen LogP contribution in [0.2, 0.25) is 0 Å². The lowest BCUT2D eigenvalue weighted by Gasteiger charge is -2.17. The second-order valence-corrected chi connectivity index (χ2v) is 5.33. The van der Waals surface area contributed by atoms with E-state index in [2.05, 4.69) is 31.6 Å². The third-order valence-corrected chi connectivity index (χ3v) is 3.12. The van der Waals surface area contributed by atoms with Gasteiger partial charge in [-0.3, -0.25) is 0 Å². The normalized spacial score (nSPS) is 10.7. The van der Waals surface area contributed by atoms with Crippen LogP contribution in [0, 0.1) is 0 Å². The molecular weight excluding hydrogens is 324 g/mol. The van der Waals surface area contributed by atoms with Crippen molar-refractivity contribution in [3.63, 3.8) is 0 Å². The van der Waals surface area contributed by atoms with Crippen molar-refractivity contribution in [2.45, 2.75) is 26.5 Å². The molecule has 20 heavy (non-hydrogen) atoms. The van der Waals surface area contributed by atoms with Gasteiger partial charge in [-0.05, 0) is 47.5 Å². The van der Waals surface area contributed by atoms with E-state index >= 15 is 0 Å². The Hall–Kier alpha value is -1.76. The van der Waals surface area contributed by atoms with Crippen molar-refractivity contribution in [3.05, 3.63) is 34.8 Å². The molecule has 0 unspecified atom stereocenters. The minimum atomic E-state index is 0.0844. The van der Waals surface area contributed by atoms with Crippen LogP contribution < -0.4 is 14.9 Å². The van der Waals surface area contributed by atoms with Crippen LogP contribution in [0.15, 0.2) is 29.3 Å². The van der Waals surface area contributed by atoms with Crippen LogP contribution in [-0.2, 0) is 6.54 Å². The lowest BCUT2D eigenvalue weighted by Crippen LogP contribution is -2.13. The molecule has 1 heterocycles. The van der Waals surface area contributed by atoms with Gasteiger partial charge >= 0.3 is 0 Å². The lowest BCUT2D eigenvalue weighted by atomic mass is 10.2. The molecule has 0 amide bonds. The van der Waals surface area contributed by atoms with E-state index in [-0.39, 0.29) is 6.10 Å². The predicted molar refractivity (Wildman–Crippen MR) is 79.5 cm³/mol. The highest BCUT2D eigenvalue weighted by Crippen LogP contribution is 2.37. The van der Waals surface area contributed by atoms with Crippen LogP contribution in [0.1, 0.15) is 19.4 Å². The zero-order valence-electron chi connectivity index (χ0n) is 11.6. The molecule has 0 bridgehead atoms. The van der Waals surface area contributed by atoms with E-state index in [0.29, 0.717) is 12.3 Å². The summed E-state index contributed by atoms with van der Waals surface area (Å²) >= 11 is 3.52. The largest absolute Gasteiger partial charge is 0.493 e. The van der Waals surface area contributed by atoms with E-state index in [9.17, 15) is 0 Å². The Morgan fingerprint density at radius 1 is 1.30 bits per heavy atom. The van der Waals surface area contributed by atoms with Crippen molar-refractivity contribution in [3.8, 4) is 11.5 Å². The summed E-state index contributed by atoms with van der Waals surface area (Å²) in [5, 5.41) is 7.46. The van der Waals surface area contributed by atoms with E-state index in [4.69, 9.17) is 9.47 Å². The molecule has 0 aliphatic rings. The van der Waals surface area contributed by atoms with Crippen molar-refractivity contribution in [2.75, 3.05) is 12.5 Å². The summed E-state index contributed by atoms with van der Waals surface area (Å²) < 4.78 is 13.7. The maximum absolute atomic E-state index is 5.75. The molecule has 0 saturated carbocycles. The van der Waals surface area contributed by atoms with Crippen LogP contribution >= 0.6 is 15.9 Å². The third kappa shape index (κ3) is 3.63. The van der Waals surface area contributed by atoms with Crippen LogP contribution in [-0.4, -0.2) is 28.1 Å². The molecule has 0 saturated heterocycles. The molecule has 0 fully saturated rings. The van der Waals surface area contributed by atoms with Crippen molar-refractivity contribution < 1.29 is 9.47 Å². The fraction of sp³-hybridized carbons (Fsp3) is 0.385. The molecule has 7 heteroatoms. The molecule has 6 nitrogen and oxygen atoms in total. The Morgan fingerprint density at radius 2 is 2.00 bits per heavy atom. The van der Waals surface area contributed by atoms with E-state index in [1.54, 1.807) is 24.4 Å². The number of rotatable bonds is 6. The summed E-state index contributed by atoms with van der Waals surface area (Å²) in [6.45, 7) is 4.58. The van der Waals surface area contributed by atoms with Gasteiger partial charge in [0.05, 0.1) is 24.2 Å². The van der Waals surface area contributed by atoms with Crippen LogP contribution in [0.5, 0.6) is 11.5 Å². The highest BCUT2D eigenvalue weighted by Gasteiger charge is 2.13. The topological polar surface area (TPSA) is 61.2 Å². The lowest BCUT2D eigenvalue weighted by molar-refractivity contribution is 0.228. The maximum Gasteiger partial charge on any atom is 0.175 e. The van der Waals surface area contributed by atoms with Crippen molar-refractivity contribution in [2.24, 2.45) is 0 Å². The predicted octanol–water partition coefficient (Wildman–Crippen LogP) is 2.58. The first-order valence-electron chi connectivity index (χ1n) is 6.21. The molecule has 0 aliphatic heterocycles. The van der Waals surface area contributed by atoms with Gasteiger partial charge in [0, 0.05) is 0 Å². The Kier molecular flexibility index (Phi) is 4.84. The smallest absolute Gasteiger partial charge is 0.175 e. The van der Waals surface area contributed by atoms with Gasteiger partial charge in [0.25, 0.3) is 0 Å². The minimum absolute atomic E-state index is 0.0844. The van der Waals surface area contributed by atoms with Gasteiger partial charge in [0.2, 0.25) is 0 Å². The molecule has 0 radical (unpaired) electrons. The molecule has 0 spiro atoms. The number of hydrogen-bond donors (Lipinski definition) is 1. The maximum atomic E-state index is 5.75. The third-order valence-electron chi connectivity index (χ3n) is 2.53. The fourth-order valence-corrected chi connectivity index (χ4v) is 2.27. The SMILES string of the molecule is COc1cc(CNn2cnnc2)cc(Br)c1OC(C)C. The van der Waals surface area contributed by atoms with Gasteiger partial charge in [-0.1, -0.05) is 0 Å². The molecule has 1 aromatic carbocycles. The van der Waals surface area contributed by atoms with Crippen molar-refractivity contribution in [1.82, 2.24) is 14.9 Å². The molecular formula is C13H17BrN4O2. The Morgan fingerprint density at radius 3 is 2.60 bits per heavy atom. The van der Waals surface area contributed by atoms with E-state index < -0.39 is 0 Å². The van der Waals surface area contributed by atoms with Gasteiger partial charge in [0.15, 0.2) is 11.5 Å². The average molecular weight is 341 g/mol. The Bertz CT molecular complexity index is 558. The van der Waals surface area contributed by atoms with Crippen LogP contribution in [0.25, 0.3) is 0 Å². The minimum Gasteiger partial charge on any atom is -0.493 e. The molecule has 0 aliphatic carbocycles. The van der Waals surface area contributed by atoms with Gasteiger partial charge in [0.1, 0.15) is 12.7 Å². The fourth-order valence-electron chi connectivity index (χ4n) is 1.69. The zero-order chi connectivity index (χ0) is 14.5. The number of nitrogens with zero attached hydrogens (tertiary/aromatic N) is 3. The Balaban J connectivity index is 2.16. The first-order chi connectivity index (χ1) is 9.60. The Labute approximate surface area is 126 Å². The summed E-state index contributed by atoms with van der Waals surface area (Å²) in [5.41, 5.74) is 4.21. The van der Waals surface area contributed by atoms with Crippen molar-refractivity contribution >= 4 is 15.9 Å². The molecule has 2 aromatic rings. The van der Waals surface area contributed by atoms with Crippen LogP contribution in [0.4, 0.5) is 0 Å². The summed E-state index contributed by atoms with van der Waals surface area (Å²) in [7, 11) is 1.63. The zero-order valence-corrected chi connectivity index (χ0v) is 13.2. The van der Waals surface area contributed by atoms with Gasteiger partial charge < -0.3 is 14.9 Å². The first-order valence-corrected chi connectivity index (χ1v) is 7.01. The number of nitrogens with one attached hydrogen (secondary N) is 1. The first kappa shape index (κ1) is 14.6. The van der Waals surface area contributed by atoms with E-state index in [1.165, 1.54) is 0 Å². The second-order valence-electron chi connectivity index (χ2n) is 4.48. The molecule has 1 N–H and O–H groups in total. The molecule has 2 rings (SSSR count). The highest BCUT2D eigenvalue weighted by molar-refractivity contribution is 9.10. The number of benzene rings is 1. The second kappa shape index (κ2) is 6.60. The van der Waals surface area contributed by atoms with Gasteiger partial charge in [-0.2, -0.15) is 0 Å². The summed E-state index contributed by atoms with van der Waals surface area (Å²) in [5.74, 6) is 1.42. The molecule has 108 valence electrons. The molecule has 1 aromatic heterocycles. The number of ether oxygens (including phenoxy) is 2. The standard InChI is InChI=1S/C13H17BrN4O2/c1-9(2)20-13-11(14)4-10(5-12(13)19-3)6-17-18-7-15-16-8-18/h4-5,7-9,17H,6H2,1-3H3. The number of halogens is 1. The van der Waals surface area contributed by atoms with Crippen molar-refractivity contribution in [1.29, 1.82) is 0 Å². The van der Waals surface area contributed by atoms with E-state index in [1.807, 2.05) is 26.0 Å². The number of methoxy groups -OCH3 is 1. The summed E-state index contributed by atoms with van der Waals surface area (Å²) in [4.78, 5) is 0. The molecule has 0 atom stereocenters. The van der Waals surface area contributed by atoms with Gasteiger partial charge in [-0.25, -0.2) is 4.68 Å². The summed E-state index contributed by atoms with van der Waals surface area (Å²) in [6, 6.07) is 3.94. The number of hydrogen-bond acceptors (Lipinski definition) is 5. The highest BCUT2D eigenvalue weighted by atomic mass is 79.9.